The lowest BCUT2D eigenvalue weighted by Gasteiger charge is -2.31. The number of amides is 2. The fourth-order valence-electron chi connectivity index (χ4n) is 3.56. The molecule has 1 aliphatic heterocycles. The molecule has 3 rings (SSSR count). The summed E-state index contributed by atoms with van der Waals surface area (Å²) < 4.78 is 10.5. The Kier molecular flexibility index (Phi) is 5.87. The Morgan fingerprint density at radius 3 is 2.50 bits per heavy atom. The molecule has 2 aromatic rings. The summed E-state index contributed by atoms with van der Waals surface area (Å²) in [5.74, 6) is 0.832. The minimum Gasteiger partial charge on any atom is -0.493 e. The van der Waals surface area contributed by atoms with Crippen LogP contribution in [0.15, 0.2) is 42.5 Å². The van der Waals surface area contributed by atoms with E-state index >= 15 is 0 Å². The molecule has 0 fully saturated rings. The topological polar surface area (TPSA) is 67.9 Å². The molecule has 1 N–H and O–H groups in total. The quantitative estimate of drug-likeness (QED) is 0.793. The van der Waals surface area contributed by atoms with E-state index in [9.17, 15) is 9.59 Å². The average molecular weight is 382 g/mol. The summed E-state index contributed by atoms with van der Waals surface area (Å²) >= 11 is 0. The predicted molar refractivity (Wildman–Crippen MR) is 108 cm³/mol. The second kappa shape index (κ2) is 8.33. The molecule has 0 aromatic heterocycles. The molecule has 2 atom stereocenters. The lowest BCUT2D eigenvalue weighted by Crippen LogP contribution is -2.48. The molecule has 6 nitrogen and oxygen atoms in total. The molecular weight excluding hydrogens is 356 g/mol. The van der Waals surface area contributed by atoms with Crippen molar-refractivity contribution in [2.24, 2.45) is 5.92 Å². The lowest BCUT2D eigenvalue weighted by molar-refractivity contribution is -0.122. The van der Waals surface area contributed by atoms with Crippen LogP contribution in [0, 0.1) is 5.92 Å². The van der Waals surface area contributed by atoms with Crippen molar-refractivity contribution in [3.05, 3.63) is 53.6 Å². The Bertz CT molecular complexity index is 881. The maximum absolute atomic E-state index is 13.2. The number of nitrogens with zero attached hydrogens (tertiary/aromatic N) is 1. The van der Waals surface area contributed by atoms with Gasteiger partial charge in [-0.3, -0.25) is 9.59 Å². The third kappa shape index (κ3) is 3.67. The minimum atomic E-state index is -0.557. The number of fused-ring (bicyclic) bond motifs is 1. The molecule has 0 spiro atoms. The van der Waals surface area contributed by atoms with E-state index in [-0.39, 0.29) is 17.7 Å². The number of hydrogen-bond donors (Lipinski definition) is 1. The number of nitrogens with one attached hydrogen (secondary N) is 1. The summed E-state index contributed by atoms with van der Waals surface area (Å²) in [6, 6.07) is 12.2. The highest BCUT2D eigenvalue weighted by atomic mass is 16.5. The molecule has 0 radical (unpaired) electrons. The minimum absolute atomic E-state index is 0.0124. The van der Waals surface area contributed by atoms with Crippen molar-refractivity contribution < 1.29 is 19.1 Å². The summed E-state index contributed by atoms with van der Waals surface area (Å²) in [5.41, 5.74) is 2.23. The van der Waals surface area contributed by atoms with Gasteiger partial charge in [-0.15, -0.1) is 0 Å². The number of rotatable bonds is 7. The molecule has 1 unspecified atom stereocenters. The van der Waals surface area contributed by atoms with E-state index in [4.69, 9.17) is 9.47 Å². The van der Waals surface area contributed by atoms with Gasteiger partial charge in [-0.05, 0) is 29.7 Å². The fourth-order valence-corrected chi connectivity index (χ4v) is 3.56. The number of benzene rings is 2. The van der Waals surface area contributed by atoms with E-state index in [1.807, 2.05) is 38.1 Å². The SMILES string of the molecule is CCC(C)[C@@H](C(=O)Nc1ccc(OC)c(OC)c1)N1Cc2ccccc2C1=O. The normalized spacial score (nSPS) is 15.0. The first-order valence-electron chi connectivity index (χ1n) is 9.41. The molecule has 2 amide bonds. The van der Waals surface area contributed by atoms with E-state index in [2.05, 4.69) is 5.32 Å². The summed E-state index contributed by atoms with van der Waals surface area (Å²) in [6.07, 6.45) is 0.782. The summed E-state index contributed by atoms with van der Waals surface area (Å²) in [6.45, 7) is 4.47. The second-order valence-electron chi connectivity index (χ2n) is 6.98. The van der Waals surface area contributed by atoms with Crippen LogP contribution in [0.4, 0.5) is 5.69 Å². The Hall–Kier alpha value is -3.02. The van der Waals surface area contributed by atoms with Gasteiger partial charge in [-0.1, -0.05) is 38.5 Å². The van der Waals surface area contributed by atoms with Crippen LogP contribution in [0.25, 0.3) is 0 Å². The Morgan fingerprint density at radius 1 is 1.14 bits per heavy atom. The summed E-state index contributed by atoms with van der Waals surface area (Å²) in [7, 11) is 3.11. The monoisotopic (exact) mass is 382 g/mol. The first-order chi connectivity index (χ1) is 13.5. The van der Waals surface area contributed by atoms with Gasteiger partial charge in [0.2, 0.25) is 5.91 Å². The van der Waals surface area contributed by atoms with Crippen molar-refractivity contribution in [1.29, 1.82) is 0 Å². The maximum atomic E-state index is 13.2. The standard InChI is InChI=1S/C22H26N2O4/c1-5-14(2)20(24-13-15-8-6-7-9-17(15)22(24)26)21(25)23-16-10-11-18(27-3)19(12-16)28-4/h6-12,14,20H,5,13H2,1-4H3,(H,23,25)/t14?,20-/m0/s1. The first kappa shape index (κ1) is 19.7. The van der Waals surface area contributed by atoms with E-state index in [0.29, 0.717) is 29.3 Å². The fraction of sp³-hybridized carbons (Fsp3) is 0.364. The zero-order valence-corrected chi connectivity index (χ0v) is 16.7. The van der Waals surface area contributed by atoms with Crippen molar-refractivity contribution in [3.63, 3.8) is 0 Å². The highest BCUT2D eigenvalue weighted by Gasteiger charge is 2.38. The van der Waals surface area contributed by atoms with Gasteiger partial charge in [0.25, 0.3) is 5.91 Å². The van der Waals surface area contributed by atoms with Gasteiger partial charge in [-0.2, -0.15) is 0 Å². The number of ether oxygens (including phenoxy) is 2. The highest BCUT2D eigenvalue weighted by molar-refractivity contribution is 6.03. The average Bonchev–Trinajstić information content (AvgIpc) is 3.04. The molecule has 1 aliphatic rings. The third-order valence-electron chi connectivity index (χ3n) is 5.29. The largest absolute Gasteiger partial charge is 0.493 e. The van der Waals surface area contributed by atoms with Crippen LogP contribution in [0.5, 0.6) is 11.5 Å². The molecular formula is C22H26N2O4. The Morgan fingerprint density at radius 2 is 1.86 bits per heavy atom. The van der Waals surface area contributed by atoms with Crippen LogP contribution in [-0.2, 0) is 11.3 Å². The summed E-state index contributed by atoms with van der Waals surface area (Å²) in [4.78, 5) is 27.8. The number of carbonyl (C=O) groups is 2. The van der Waals surface area contributed by atoms with E-state index in [1.54, 1.807) is 37.3 Å². The highest BCUT2D eigenvalue weighted by Crippen LogP contribution is 2.31. The van der Waals surface area contributed by atoms with Crippen LogP contribution in [-0.4, -0.2) is 37.0 Å². The van der Waals surface area contributed by atoms with Crippen LogP contribution >= 0.6 is 0 Å². The van der Waals surface area contributed by atoms with Gasteiger partial charge in [0.05, 0.1) is 14.2 Å². The summed E-state index contributed by atoms with van der Waals surface area (Å²) in [5, 5.41) is 2.94. The Balaban J connectivity index is 1.85. The van der Waals surface area contributed by atoms with Crippen LogP contribution in [0.2, 0.25) is 0 Å². The maximum Gasteiger partial charge on any atom is 0.255 e. The number of carbonyl (C=O) groups excluding carboxylic acids is 2. The van der Waals surface area contributed by atoms with Crippen molar-refractivity contribution in [2.75, 3.05) is 19.5 Å². The van der Waals surface area contributed by atoms with Crippen LogP contribution < -0.4 is 14.8 Å². The van der Waals surface area contributed by atoms with Gasteiger partial charge >= 0.3 is 0 Å². The molecule has 0 bridgehead atoms. The zero-order valence-electron chi connectivity index (χ0n) is 16.7. The second-order valence-corrected chi connectivity index (χ2v) is 6.98. The number of anilines is 1. The zero-order chi connectivity index (χ0) is 20.3. The molecule has 0 aliphatic carbocycles. The van der Waals surface area contributed by atoms with Crippen molar-refractivity contribution in [3.8, 4) is 11.5 Å². The molecule has 6 heteroatoms. The molecule has 0 saturated carbocycles. The van der Waals surface area contributed by atoms with Crippen LogP contribution in [0.3, 0.4) is 0 Å². The number of hydrogen-bond acceptors (Lipinski definition) is 4. The van der Waals surface area contributed by atoms with E-state index < -0.39 is 6.04 Å². The van der Waals surface area contributed by atoms with Crippen LogP contribution in [0.1, 0.15) is 36.2 Å². The van der Waals surface area contributed by atoms with Gasteiger partial charge in [0, 0.05) is 23.9 Å². The third-order valence-corrected chi connectivity index (χ3v) is 5.29. The first-order valence-corrected chi connectivity index (χ1v) is 9.41. The lowest BCUT2D eigenvalue weighted by atomic mass is 9.96. The van der Waals surface area contributed by atoms with Gasteiger partial charge in [0.1, 0.15) is 6.04 Å². The van der Waals surface area contributed by atoms with E-state index in [0.717, 1.165) is 12.0 Å². The van der Waals surface area contributed by atoms with Gasteiger partial charge in [-0.25, -0.2) is 0 Å². The molecule has 1 heterocycles. The van der Waals surface area contributed by atoms with Crippen molar-refractivity contribution in [2.45, 2.75) is 32.9 Å². The van der Waals surface area contributed by atoms with Crippen molar-refractivity contribution >= 4 is 17.5 Å². The molecule has 2 aromatic carbocycles. The Labute approximate surface area is 165 Å². The smallest absolute Gasteiger partial charge is 0.255 e. The van der Waals surface area contributed by atoms with Gasteiger partial charge in [0.15, 0.2) is 11.5 Å². The predicted octanol–water partition coefficient (Wildman–Crippen LogP) is 3.71. The van der Waals surface area contributed by atoms with E-state index in [1.165, 1.54) is 0 Å². The number of methoxy groups -OCH3 is 2. The van der Waals surface area contributed by atoms with Crippen molar-refractivity contribution in [1.82, 2.24) is 4.90 Å². The van der Waals surface area contributed by atoms with Gasteiger partial charge < -0.3 is 19.7 Å². The molecule has 28 heavy (non-hydrogen) atoms. The molecule has 0 saturated heterocycles. The molecule has 148 valence electrons.